The topological polar surface area (TPSA) is 18.5 Å². The van der Waals surface area contributed by atoms with Crippen LogP contribution in [0.15, 0.2) is 0 Å². The first-order valence-electron chi connectivity index (χ1n) is 5.36. The first-order chi connectivity index (χ1) is 6.55. The lowest BCUT2D eigenvalue weighted by atomic mass is 9.97. The SMILES string of the molecule is COC(C)(C)COC1CCCCC1I. The third-order valence-electron chi connectivity index (χ3n) is 2.82. The summed E-state index contributed by atoms with van der Waals surface area (Å²) in [4.78, 5) is 0. The summed E-state index contributed by atoms with van der Waals surface area (Å²) in [6.45, 7) is 4.84. The van der Waals surface area contributed by atoms with Crippen molar-refractivity contribution in [3.63, 3.8) is 0 Å². The highest BCUT2D eigenvalue weighted by Crippen LogP contribution is 2.28. The summed E-state index contributed by atoms with van der Waals surface area (Å²) in [7, 11) is 1.74. The molecule has 0 saturated heterocycles. The van der Waals surface area contributed by atoms with E-state index in [9.17, 15) is 0 Å². The van der Waals surface area contributed by atoms with E-state index in [4.69, 9.17) is 9.47 Å². The average molecular weight is 312 g/mol. The van der Waals surface area contributed by atoms with Gasteiger partial charge in [0.15, 0.2) is 0 Å². The molecule has 0 aromatic heterocycles. The molecule has 0 bridgehead atoms. The molecule has 2 atom stereocenters. The lowest BCUT2D eigenvalue weighted by Crippen LogP contribution is -2.36. The highest BCUT2D eigenvalue weighted by molar-refractivity contribution is 14.1. The summed E-state index contributed by atoms with van der Waals surface area (Å²) in [5, 5.41) is 0. The van der Waals surface area contributed by atoms with Gasteiger partial charge >= 0.3 is 0 Å². The minimum atomic E-state index is -0.145. The second kappa shape index (κ2) is 5.66. The fourth-order valence-corrected chi connectivity index (χ4v) is 2.61. The van der Waals surface area contributed by atoms with Crippen molar-refractivity contribution in [3.8, 4) is 0 Å². The van der Waals surface area contributed by atoms with Crippen LogP contribution in [0.4, 0.5) is 0 Å². The van der Waals surface area contributed by atoms with Gasteiger partial charge in [-0.2, -0.15) is 0 Å². The van der Waals surface area contributed by atoms with Crippen molar-refractivity contribution in [2.45, 2.75) is 55.2 Å². The molecule has 0 heterocycles. The lowest BCUT2D eigenvalue weighted by Gasteiger charge is -2.31. The Labute approximate surface area is 101 Å². The zero-order valence-corrected chi connectivity index (χ0v) is 11.5. The second-order valence-electron chi connectivity index (χ2n) is 4.61. The average Bonchev–Trinajstić information content (AvgIpc) is 2.17. The van der Waals surface area contributed by atoms with Crippen LogP contribution in [-0.4, -0.2) is 29.3 Å². The van der Waals surface area contributed by atoms with Crippen LogP contribution in [0.3, 0.4) is 0 Å². The Kier molecular flexibility index (Phi) is 5.14. The molecule has 1 aliphatic carbocycles. The van der Waals surface area contributed by atoms with Crippen molar-refractivity contribution in [1.82, 2.24) is 0 Å². The molecular weight excluding hydrogens is 291 g/mol. The minimum Gasteiger partial charge on any atom is -0.376 e. The van der Waals surface area contributed by atoms with Crippen LogP contribution in [0.2, 0.25) is 0 Å². The minimum absolute atomic E-state index is 0.145. The Balaban J connectivity index is 2.29. The lowest BCUT2D eigenvalue weighted by molar-refractivity contribution is -0.0792. The molecule has 0 spiro atoms. The maximum atomic E-state index is 5.92. The molecule has 2 unspecified atom stereocenters. The summed E-state index contributed by atoms with van der Waals surface area (Å²) >= 11 is 2.52. The molecule has 14 heavy (non-hydrogen) atoms. The van der Waals surface area contributed by atoms with Crippen LogP contribution in [0.5, 0.6) is 0 Å². The number of hydrogen-bond donors (Lipinski definition) is 0. The number of rotatable bonds is 4. The van der Waals surface area contributed by atoms with E-state index in [1.807, 2.05) is 0 Å². The maximum absolute atomic E-state index is 5.92. The first-order valence-corrected chi connectivity index (χ1v) is 6.60. The van der Waals surface area contributed by atoms with Gasteiger partial charge in [-0.1, -0.05) is 35.4 Å². The number of hydrogen-bond acceptors (Lipinski definition) is 2. The summed E-state index contributed by atoms with van der Waals surface area (Å²) in [6, 6.07) is 0. The van der Waals surface area contributed by atoms with Gasteiger partial charge in [-0.05, 0) is 26.7 Å². The van der Waals surface area contributed by atoms with E-state index in [2.05, 4.69) is 36.4 Å². The summed E-state index contributed by atoms with van der Waals surface area (Å²) in [5.74, 6) is 0. The summed E-state index contributed by atoms with van der Waals surface area (Å²) < 4.78 is 11.9. The van der Waals surface area contributed by atoms with Gasteiger partial charge < -0.3 is 9.47 Å². The number of ether oxygens (including phenoxy) is 2. The molecule has 0 aromatic rings. The zero-order valence-electron chi connectivity index (χ0n) is 9.38. The van der Waals surface area contributed by atoms with Gasteiger partial charge in [0.2, 0.25) is 0 Å². The van der Waals surface area contributed by atoms with Gasteiger partial charge in [-0.3, -0.25) is 0 Å². The fourth-order valence-electron chi connectivity index (χ4n) is 1.61. The molecule has 0 radical (unpaired) electrons. The molecule has 1 fully saturated rings. The van der Waals surface area contributed by atoms with E-state index >= 15 is 0 Å². The normalized spacial score (nSPS) is 29.1. The monoisotopic (exact) mass is 312 g/mol. The van der Waals surface area contributed by atoms with Crippen LogP contribution in [-0.2, 0) is 9.47 Å². The Morgan fingerprint density at radius 3 is 2.50 bits per heavy atom. The highest BCUT2D eigenvalue weighted by Gasteiger charge is 2.26. The van der Waals surface area contributed by atoms with Crippen LogP contribution < -0.4 is 0 Å². The Morgan fingerprint density at radius 2 is 1.93 bits per heavy atom. The number of halogens is 1. The van der Waals surface area contributed by atoms with Crippen molar-refractivity contribution in [1.29, 1.82) is 0 Å². The van der Waals surface area contributed by atoms with E-state index in [0.717, 1.165) is 0 Å². The van der Waals surface area contributed by atoms with Gasteiger partial charge in [-0.25, -0.2) is 0 Å². The number of alkyl halides is 1. The first kappa shape index (κ1) is 12.7. The maximum Gasteiger partial charge on any atom is 0.0855 e. The molecule has 1 saturated carbocycles. The summed E-state index contributed by atoms with van der Waals surface area (Å²) in [5.41, 5.74) is -0.145. The van der Waals surface area contributed by atoms with Crippen LogP contribution in [0.1, 0.15) is 39.5 Å². The molecule has 0 aromatic carbocycles. The zero-order chi connectivity index (χ0) is 10.6. The quantitative estimate of drug-likeness (QED) is 0.586. The summed E-state index contributed by atoms with van der Waals surface area (Å²) in [6.07, 6.45) is 5.64. The molecule has 1 rings (SSSR count). The van der Waals surface area contributed by atoms with Gasteiger partial charge in [0.1, 0.15) is 0 Å². The second-order valence-corrected chi connectivity index (χ2v) is 6.21. The predicted molar refractivity (Wildman–Crippen MR) is 67.1 cm³/mol. The Hall–Kier alpha value is 0.650. The van der Waals surface area contributed by atoms with Crippen LogP contribution in [0, 0.1) is 0 Å². The van der Waals surface area contributed by atoms with Gasteiger partial charge in [0, 0.05) is 11.0 Å². The third kappa shape index (κ3) is 4.03. The molecule has 2 nitrogen and oxygen atoms in total. The standard InChI is InChI=1S/C11H21IO2/c1-11(2,13-3)8-14-10-7-5-4-6-9(10)12/h9-10H,4-8H2,1-3H3. The van der Waals surface area contributed by atoms with Gasteiger partial charge in [-0.15, -0.1) is 0 Å². The van der Waals surface area contributed by atoms with Crippen molar-refractivity contribution < 1.29 is 9.47 Å². The van der Waals surface area contributed by atoms with Crippen molar-refractivity contribution in [2.24, 2.45) is 0 Å². The van der Waals surface area contributed by atoms with E-state index in [1.54, 1.807) is 7.11 Å². The third-order valence-corrected chi connectivity index (χ3v) is 4.24. The molecule has 0 amide bonds. The molecule has 3 heteroatoms. The number of methoxy groups -OCH3 is 1. The molecule has 1 aliphatic rings. The molecular formula is C11H21IO2. The molecule has 0 N–H and O–H groups in total. The van der Waals surface area contributed by atoms with Gasteiger partial charge in [0.05, 0.1) is 18.3 Å². The largest absolute Gasteiger partial charge is 0.376 e. The van der Waals surface area contributed by atoms with E-state index < -0.39 is 0 Å². The van der Waals surface area contributed by atoms with E-state index in [-0.39, 0.29) is 5.60 Å². The Bertz CT molecular complexity index is 171. The molecule has 84 valence electrons. The van der Waals surface area contributed by atoms with Crippen LogP contribution in [0.25, 0.3) is 0 Å². The van der Waals surface area contributed by atoms with Crippen molar-refractivity contribution in [3.05, 3.63) is 0 Å². The van der Waals surface area contributed by atoms with E-state index in [1.165, 1.54) is 25.7 Å². The molecule has 0 aliphatic heterocycles. The van der Waals surface area contributed by atoms with Crippen molar-refractivity contribution >= 4 is 22.6 Å². The fraction of sp³-hybridized carbons (Fsp3) is 1.00. The predicted octanol–water partition coefficient (Wildman–Crippen LogP) is 3.17. The smallest absolute Gasteiger partial charge is 0.0855 e. The van der Waals surface area contributed by atoms with E-state index in [0.29, 0.717) is 16.6 Å². The van der Waals surface area contributed by atoms with Crippen LogP contribution >= 0.6 is 22.6 Å². The van der Waals surface area contributed by atoms with Crippen molar-refractivity contribution in [2.75, 3.05) is 13.7 Å². The highest BCUT2D eigenvalue weighted by atomic mass is 127. The Morgan fingerprint density at radius 1 is 1.29 bits per heavy atom. The van der Waals surface area contributed by atoms with Gasteiger partial charge in [0.25, 0.3) is 0 Å².